The largest absolute Gasteiger partial charge is 0.491 e. The highest BCUT2D eigenvalue weighted by molar-refractivity contribution is 6.31. The van der Waals surface area contributed by atoms with Gasteiger partial charge in [-0.05, 0) is 49.7 Å². The van der Waals surface area contributed by atoms with E-state index < -0.39 is 6.10 Å². The van der Waals surface area contributed by atoms with E-state index in [1.165, 1.54) is 0 Å². The van der Waals surface area contributed by atoms with Gasteiger partial charge in [0.2, 0.25) is 0 Å². The van der Waals surface area contributed by atoms with E-state index in [2.05, 4.69) is 18.7 Å². The van der Waals surface area contributed by atoms with Gasteiger partial charge in [0, 0.05) is 29.2 Å². The van der Waals surface area contributed by atoms with Crippen LogP contribution in [0.15, 0.2) is 48.5 Å². The lowest BCUT2D eigenvalue weighted by molar-refractivity contribution is 0.0543. The van der Waals surface area contributed by atoms with Gasteiger partial charge in [-0.3, -0.25) is 4.90 Å². The second-order valence-electron chi connectivity index (χ2n) is 6.03. The summed E-state index contributed by atoms with van der Waals surface area (Å²) in [6.07, 6.45) is -0.592. The van der Waals surface area contributed by atoms with Crippen LogP contribution in [0, 0.1) is 0 Å². The number of nitrogens with zero attached hydrogens (tertiary/aromatic N) is 1. The molecule has 1 atom stereocenters. The molecule has 0 saturated carbocycles. The van der Waals surface area contributed by atoms with Crippen LogP contribution in [0.3, 0.4) is 0 Å². The predicted octanol–water partition coefficient (Wildman–Crippen LogP) is 4.64. The predicted molar refractivity (Wildman–Crippen MR) is 100.0 cm³/mol. The minimum Gasteiger partial charge on any atom is -0.491 e. The SMILES string of the molecule is CC(C)N(Cc1ccccc1Cl)C[C@@H](O)COc1ccc(Cl)cc1. The molecule has 0 saturated heterocycles. The van der Waals surface area contributed by atoms with Gasteiger partial charge >= 0.3 is 0 Å². The van der Waals surface area contributed by atoms with Gasteiger partial charge in [-0.25, -0.2) is 0 Å². The number of halogens is 2. The number of ether oxygens (including phenoxy) is 1. The Kier molecular flexibility index (Phi) is 7.38. The third-order valence-electron chi connectivity index (χ3n) is 3.76. The van der Waals surface area contributed by atoms with Crippen molar-refractivity contribution < 1.29 is 9.84 Å². The van der Waals surface area contributed by atoms with Crippen LogP contribution in [0.5, 0.6) is 5.75 Å². The lowest BCUT2D eigenvalue weighted by Gasteiger charge is -2.29. The molecule has 0 aliphatic rings. The molecule has 0 aromatic heterocycles. The average molecular weight is 368 g/mol. The van der Waals surface area contributed by atoms with E-state index in [1.807, 2.05) is 24.3 Å². The van der Waals surface area contributed by atoms with Crippen molar-refractivity contribution in [2.45, 2.75) is 32.5 Å². The minimum absolute atomic E-state index is 0.230. The Morgan fingerprint density at radius 3 is 2.33 bits per heavy atom. The molecule has 2 aromatic rings. The standard InChI is InChI=1S/C19H23Cl2NO2/c1-14(2)22(11-15-5-3-4-6-19(15)21)12-17(23)13-24-18-9-7-16(20)8-10-18/h3-10,14,17,23H,11-13H2,1-2H3/t17-/m1/s1. The molecule has 0 aliphatic carbocycles. The van der Waals surface area contributed by atoms with Crippen molar-refractivity contribution in [2.75, 3.05) is 13.2 Å². The molecule has 0 amide bonds. The molecular weight excluding hydrogens is 345 g/mol. The van der Waals surface area contributed by atoms with Crippen molar-refractivity contribution in [3.8, 4) is 5.75 Å². The van der Waals surface area contributed by atoms with Crippen molar-refractivity contribution in [1.82, 2.24) is 4.90 Å². The quantitative estimate of drug-likeness (QED) is 0.737. The van der Waals surface area contributed by atoms with E-state index in [1.54, 1.807) is 24.3 Å². The van der Waals surface area contributed by atoms with Gasteiger partial charge in [-0.15, -0.1) is 0 Å². The maximum absolute atomic E-state index is 10.3. The summed E-state index contributed by atoms with van der Waals surface area (Å²) in [5, 5.41) is 11.7. The number of rotatable bonds is 8. The molecular formula is C19H23Cl2NO2. The fourth-order valence-electron chi connectivity index (χ4n) is 2.35. The number of aliphatic hydroxyl groups is 1. The van der Waals surface area contributed by atoms with Gasteiger partial charge in [0.05, 0.1) is 0 Å². The fourth-order valence-corrected chi connectivity index (χ4v) is 2.67. The second kappa shape index (κ2) is 9.28. The first kappa shape index (κ1) is 19.1. The van der Waals surface area contributed by atoms with E-state index in [0.717, 1.165) is 10.6 Å². The molecule has 2 rings (SSSR count). The molecule has 0 heterocycles. The normalized spacial score (nSPS) is 12.6. The third kappa shape index (κ3) is 5.99. The van der Waals surface area contributed by atoms with Gasteiger partial charge < -0.3 is 9.84 Å². The maximum Gasteiger partial charge on any atom is 0.119 e. The van der Waals surface area contributed by atoms with Crippen LogP contribution in [-0.2, 0) is 6.54 Å². The smallest absolute Gasteiger partial charge is 0.119 e. The molecule has 0 unspecified atom stereocenters. The zero-order chi connectivity index (χ0) is 17.5. The van der Waals surface area contributed by atoms with Gasteiger partial charge in [0.1, 0.15) is 18.5 Å². The van der Waals surface area contributed by atoms with Crippen LogP contribution in [-0.4, -0.2) is 35.3 Å². The van der Waals surface area contributed by atoms with Gasteiger partial charge in [0.25, 0.3) is 0 Å². The highest BCUT2D eigenvalue weighted by Gasteiger charge is 2.17. The van der Waals surface area contributed by atoms with Crippen molar-refractivity contribution in [2.24, 2.45) is 0 Å². The molecule has 0 bridgehead atoms. The second-order valence-corrected chi connectivity index (χ2v) is 6.88. The van der Waals surface area contributed by atoms with Crippen molar-refractivity contribution in [3.63, 3.8) is 0 Å². The van der Waals surface area contributed by atoms with E-state index in [0.29, 0.717) is 23.9 Å². The molecule has 0 radical (unpaired) electrons. The Labute approximate surface area is 153 Å². The fraction of sp³-hybridized carbons (Fsp3) is 0.368. The first-order chi connectivity index (χ1) is 11.5. The first-order valence-corrected chi connectivity index (χ1v) is 8.75. The summed E-state index contributed by atoms with van der Waals surface area (Å²) in [6, 6.07) is 15.2. The highest BCUT2D eigenvalue weighted by atomic mass is 35.5. The third-order valence-corrected chi connectivity index (χ3v) is 4.38. The van der Waals surface area contributed by atoms with Crippen molar-refractivity contribution >= 4 is 23.2 Å². The topological polar surface area (TPSA) is 32.7 Å². The number of hydrogen-bond acceptors (Lipinski definition) is 3. The zero-order valence-corrected chi connectivity index (χ0v) is 15.5. The Bertz CT molecular complexity index is 632. The summed E-state index contributed by atoms with van der Waals surface area (Å²) in [6.45, 7) is 5.63. The number of aliphatic hydroxyl groups excluding tert-OH is 1. The molecule has 130 valence electrons. The number of benzene rings is 2. The van der Waals surface area contributed by atoms with Crippen LogP contribution >= 0.6 is 23.2 Å². The number of hydrogen-bond donors (Lipinski definition) is 1. The highest BCUT2D eigenvalue weighted by Crippen LogP contribution is 2.19. The summed E-state index contributed by atoms with van der Waals surface area (Å²) in [5.74, 6) is 0.695. The monoisotopic (exact) mass is 367 g/mol. The van der Waals surface area contributed by atoms with E-state index in [4.69, 9.17) is 27.9 Å². The summed E-state index contributed by atoms with van der Waals surface area (Å²) in [4.78, 5) is 2.18. The first-order valence-electron chi connectivity index (χ1n) is 7.99. The van der Waals surface area contributed by atoms with Gasteiger partial charge in [-0.1, -0.05) is 41.4 Å². The Balaban J connectivity index is 1.89. The Hall–Kier alpha value is -1.26. The molecule has 0 aliphatic heterocycles. The lowest BCUT2D eigenvalue weighted by atomic mass is 10.1. The zero-order valence-electron chi connectivity index (χ0n) is 14.0. The average Bonchev–Trinajstić information content (AvgIpc) is 2.55. The van der Waals surface area contributed by atoms with Crippen LogP contribution in [0.25, 0.3) is 0 Å². The van der Waals surface area contributed by atoms with Crippen LogP contribution < -0.4 is 4.74 Å². The van der Waals surface area contributed by atoms with Crippen LogP contribution in [0.4, 0.5) is 0 Å². The molecule has 0 fully saturated rings. The lowest BCUT2D eigenvalue weighted by Crippen LogP contribution is -2.39. The van der Waals surface area contributed by atoms with E-state index >= 15 is 0 Å². The Morgan fingerprint density at radius 2 is 1.71 bits per heavy atom. The van der Waals surface area contributed by atoms with Crippen LogP contribution in [0.2, 0.25) is 10.0 Å². The summed E-state index contributed by atoms with van der Waals surface area (Å²) in [5.41, 5.74) is 1.05. The molecule has 3 nitrogen and oxygen atoms in total. The summed E-state index contributed by atoms with van der Waals surface area (Å²) < 4.78 is 5.62. The molecule has 5 heteroatoms. The summed E-state index contributed by atoms with van der Waals surface area (Å²) in [7, 11) is 0. The van der Waals surface area contributed by atoms with Crippen LogP contribution in [0.1, 0.15) is 19.4 Å². The van der Waals surface area contributed by atoms with E-state index in [9.17, 15) is 5.11 Å². The minimum atomic E-state index is -0.592. The molecule has 0 spiro atoms. The van der Waals surface area contributed by atoms with Crippen molar-refractivity contribution in [1.29, 1.82) is 0 Å². The van der Waals surface area contributed by atoms with E-state index in [-0.39, 0.29) is 12.6 Å². The maximum atomic E-state index is 10.3. The van der Waals surface area contributed by atoms with Gasteiger partial charge in [-0.2, -0.15) is 0 Å². The molecule has 24 heavy (non-hydrogen) atoms. The summed E-state index contributed by atoms with van der Waals surface area (Å²) >= 11 is 12.1. The van der Waals surface area contributed by atoms with Gasteiger partial charge in [0.15, 0.2) is 0 Å². The molecule has 1 N–H and O–H groups in total. The molecule has 2 aromatic carbocycles. The Morgan fingerprint density at radius 1 is 1.04 bits per heavy atom. The van der Waals surface area contributed by atoms with Crippen molar-refractivity contribution in [3.05, 3.63) is 64.1 Å².